The predicted molar refractivity (Wildman–Crippen MR) is 67.5 cm³/mol. The van der Waals surface area contributed by atoms with Gasteiger partial charge in [0.15, 0.2) is 0 Å². The fraction of sp³-hybridized carbons (Fsp3) is 1.00. The van der Waals surface area contributed by atoms with Crippen LogP contribution in [0.1, 0.15) is 44.9 Å². The van der Waals surface area contributed by atoms with E-state index in [0.717, 1.165) is 17.9 Å². The Morgan fingerprint density at radius 2 is 1.88 bits per heavy atom. The van der Waals surface area contributed by atoms with Gasteiger partial charge in [-0.15, -0.1) is 0 Å². The van der Waals surface area contributed by atoms with E-state index in [1.165, 1.54) is 71.1 Å². The predicted octanol–water partition coefficient (Wildman–Crippen LogP) is 2.25. The molecule has 3 aliphatic rings. The van der Waals surface area contributed by atoms with Gasteiger partial charge in [0.25, 0.3) is 0 Å². The average molecular weight is 222 g/mol. The minimum absolute atomic E-state index is 0.878. The van der Waals surface area contributed by atoms with E-state index < -0.39 is 0 Å². The first-order valence-corrected chi connectivity index (χ1v) is 7.37. The minimum Gasteiger partial charge on any atom is -0.312 e. The lowest BCUT2D eigenvalue weighted by Gasteiger charge is -2.28. The number of likely N-dealkylation sites (tertiary alicyclic amines) is 1. The van der Waals surface area contributed by atoms with E-state index in [0.29, 0.717) is 0 Å². The van der Waals surface area contributed by atoms with Gasteiger partial charge < -0.3 is 10.2 Å². The second-order valence-electron chi connectivity index (χ2n) is 6.14. The van der Waals surface area contributed by atoms with Gasteiger partial charge in [-0.1, -0.05) is 12.8 Å². The van der Waals surface area contributed by atoms with Crippen LogP contribution >= 0.6 is 0 Å². The molecule has 3 fully saturated rings. The third-order valence-corrected chi connectivity index (χ3v) is 5.02. The van der Waals surface area contributed by atoms with Crippen LogP contribution in [0.2, 0.25) is 0 Å². The van der Waals surface area contributed by atoms with Gasteiger partial charge in [-0.3, -0.25) is 0 Å². The Morgan fingerprint density at radius 3 is 2.56 bits per heavy atom. The Labute approximate surface area is 99.8 Å². The molecule has 1 aliphatic heterocycles. The number of rotatable bonds is 4. The van der Waals surface area contributed by atoms with Crippen LogP contribution in [0.4, 0.5) is 0 Å². The van der Waals surface area contributed by atoms with E-state index in [4.69, 9.17) is 0 Å². The number of hydrogen-bond acceptors (Lipinski definition) is 2. The summed E-state index contributed by atoms with van der Waals surface area (Å²) < 4.78 is 0. The summed E-state index contributed by atoms with van der Waals surface area (Å²) in [5, 5.41) is 3.82. The lowest BCUT2D eigenvalue weighted by molar-refractivity contribution is 0.221. The maximum atomic E-state index is 3.82. The smallest absolute Gasteiger partial charge is 0.0107 e. The summed E-state index contributed by atoms with van der Waals surface area (Å²) in [4.78, 5) is 2.64. The molecule has 2 bridgehead atoms. The van der Waals surface area contributed by atoms with Crippen molar-refractivity contribution < 1.29 is 0 Å². The van der Waals surface area contributed by atoms with Gasteiger partial charge >= 0.3 is 0 Å². The quantitative estimate of drug-likeness (QED) is 0.785. The number of hydrogen-bond donors (Lipinski definition) is 1. The lowest BCUT2D eigenvalue weighted by Crippen LogP contribution is -2.41. The van der Waals surface area contributed by atoms with Crippen LogP contribution < -0.4 is 5.32 Å². The first-order chi connectivity index (χ1) is 7.92. The third kappa shape index (κ3) is 2.43. The number of nitrogens with one attached hydrogen (secondary N) is 1. The maximum absolute atomic E-state index is 3.82. The van der Waals surface area contributed by atoms with Crippen LogP contribution in [-0.2, 0) is 0 Å². The van der Waals surface area contributed by atoms with Crippen molar-refractivity contribution in [1.82, 2.24) is 10.2 Å². The molecular weight excluding hydrogens is 196 g/mol. The van der Waals surface area contributed by atoms with Crippen LogP contribution in [0.15, 0.2) is 0 Å². The van der Waals surface area contributed by atoms with E-state index >= 15 is 0 Å². The number of fused-ring (bicyclic) bond motifs is 2. The van der Waals surface area contributed by atoms with Gasteiger partial charge in [-0.2, -0.15) is 0 Å². The zero-order chi connectivity index (χ0) is 10.8. The van der Waals surface area contributed by atoms with Gasteiger partial charge in [0, 0.05) is 19.1 Å². The fourth-order valence-electron chi connectivity index (χ4n) is 4.09. The Kier molecular flexibility index (Phi) is 3.49. The zero-order valence-electron chi connectivity index (χ0n) is 10.5. The average Bonchev–Trinajstić information content (AvgIpc) is 2.92. The van der Waals surface area contributed by atoms with Crippen LogP contribution in [0, 0.1) is 11.8 Å². The molecule has 2 saturated carbocycles. The highest BCUT2D eigenvalue weighted by molar-refractivity contribution is 4.94. The molecule has 0 aromatic heterocycles. The van der Waals surface area contributed by atoms with Crippen molar-refractivity contribution in [2.24, 2.45) is 11.8 Å². The van der Waals surface area contributed by atoms with E-state index in [9.17, 15) is 0 Å². The molecule has 0 radical (unpaired) electrons. The number of nitrogens with zero attached hydrogens (tertiary/aromatic N) is 1. The van der Waals surface area contributed by atoms with Crippen LogP contribution in [0.25, 0.3) is 0 Å². The van der Waals surface area contributed by atoms with Crippen molar-refractivity contribution >= 4 is 0 Å². The van der Waals surface area contributed by atoms with E-state index in [1.54, 1.807) is 0 Å². The first-order valence-electron chi connectivity index (χ1n) is 7.37. The summed E-state index contributed by atoms with van der Waals surface area (Å²) in [5.74, 6) is 2.11. The first kappa shape index (κ1) is 11.0. The maximum Gasteiger partial charge on any atom is 0.0107 e. The number of piperidine rings is 1. The monoisotopic (exact) mass is 222 g/mol. The van der Waals surface area contributed by atoms with Gasteiger partial charge in [-0.05, 0) is 57.0 Å². The van der Waals surface area contributed by atoms with Crippen molar-refractivity contribution in [3.05, 3.63) is 0 Å². The van der Waals surface area contributed by atoms with Gasteiger partial charge in [-0.25, -0.2) is 0 Å². The molecule has 0 unspecified atom stereocenters. The topological polar surface area (TPSA) is 15.3 Å². The molecular formula is C14H26N2. The third-order valence-electron chi connectivity index (χ3n) is 5.02. The van der Waals surface area contributed by atoms with E-state index in [2.05, 4.69) is 10.2 Å². The minimum atomic E-state index is 0.878. The van der Waals surface area contributed by atoms with Gasteiger partial charge in [0.2, 0.25) is 0 Å². The molecule has 3 atom stereocenters. The van der Waals surface area contributed by atoms with Crippen molar-refractivity contribution in [2.75, 3.05) is 26.2 Å². The lowest BCUT2D eigenvalue weighted by atomic mass is 9.95. The van der Waals surface area contributed by atoms with Gasteiger partial charge in [0.1, 0.15) is 0 Å². The molecule has 2 nitrogen and oxygen atoms in total. The Balaban J connectivity index is 1.34. The van der Waals surface area contributed by atoms with E-state index in [1.807, 2.05) is 0 Å². The Bertz CT molecular complexity index is 223. The molecule has 16 heavy (non-hydrogen) atoms. The summed E-state index contributed by atoms with van der Waals surface area (Å²) in [6, 6.07) is 0.878. The zero-order valence-corrected chi connectivity index (χ0v) is 10.5. The molecule has 0 aromatic rings. The largest absolute Gasteiger partial charge is 0.312 e. The second kappa shape index (κ2) is 5.05. The molecule has 2 aliphatic carbocycles. The van der Waals surface area contributed by atoms with Gasteiger partial charge in [0.05, 0.1) is 0 Å². The summed E-state index contributed by atoms with van der Waals surface area (Å²) in [6.45, 7) is 5.21. The molecule has 0 amide bonds. The highest BCUT2D eigenvalue weighted by Gasteiger charge is 2.38. The molecule has 92 valence electrons. The Morgan fingerprint density at radius 1 is 1.00 bits per heavy atom. The normalized spacial score (nSPS) is 39.4. The van der Waals surface area contributed by atoms with Crippen molar-refractivity contribution in [3.8, 4) is 0 Å². The molecule has 1 saturated heterocycles. The Hall–Kier alpha value is -0.0800. The molecule has 2 heteroatoms. The van der Waals surface area contributed by atoms with Crippen LogP contribution in [0.3, 0.4) is 0 Å². The molecule has 1 heterocycles. The molecule has 1 N–H and O–H groups in total. The standard InChI is InChI=1S/C14H26N2/c1-2-7-16(8-3-1)9-6-15-14-11-12-4-5-13(14)10-12/h12-15H,1-11H2/t12-,13-,14+/m1/s1. The SMILES string of the molecule is C1CCN(CCN[C@H]2C[C@@H]3CC[C@@H]2C3)CC1. The molecule has 0 aromatic carbocycles. The highest BCUT2D eigenvalue weighted by Crippen LogP contribution is 2.44. The fourth-order valence-corrected chi connectivity index (χ4v) is 4.09. The molecule has 0 spiro atoms. The van der Waals surface area contributed by atoms with E-state index in [-0.39, 0.29) is 0 Å². The van der Waals surface area contributed by atoms with Crippen molar-refractivity contribution in [1.29, 1.82) is 0 Å². The van der Waals surface area contributed by atoms with Crippen LogP contribution in [-0.4, -0.2) is 37.1 Å². The second-order valence-corrected chi connectivity index (χ2v) is 6.14. The summed E-state index contributed by atoms with van der Waals surface area (Å²) in [6.07, 6.45) is 10.3. The summed E-state index contributed by atoms with van der Waals surface area (Å²) in [7, 11) is 0. The van der Waals surface area contributed by atoms with Crippen LogP contribution in [0.5, 0.6) is 0 Å². The highest BCUT2D eigenvalue weighted by atomic mass is 15.1. The van der Waals surface area contributed by atoms with Crippen molar-refractivity contribution in [2.45, 2.75) is 51.0 Å². The summed E-state index contributed by atoms with van der Waals surface area (Å²) in [5.41, 5.74) is 0. The molecule has 3 rings (SSSR count). The van der Waals surface area contributed by atoms with Crippen molar-refractivity contribution in [3.63, 3.8) is 0 Å². The summed E-state index contributed by atoms with van der Waals surface area (Å²) >= 11 is 0.